The molecule has 1 aromatic heterocycles. The van der Waals surface area contributed by atoms with Crippen molar-refractivity contribution in [1.82, 2.24) is 4.98 Å². The molecule has 1 fully saturated rings. The second-order valence-corrected chi connectivity index (χ2v) is 6.53. The molecular formula is C12H18BrN3. The average molecular weight is 284 g/mol. The van der Waals surface area contributed by atoms with Gasteiger partial charge >= 0.3 is 0 Å². The van der Waals surface area contributed by atoms with Gasteiger partial charge in [-0.2, -0.15) is 0 Å². The predicted molar refractivity (Wildman–Crippen MR) is 71.3 cm³/mol. The Balaban J connectivity index is 2.18. The first-order chi connectivity index (χ1) is 7.26. The van der Waals surface area contributed by atoms with Crippen molar-refractivity contribution in [3.8, 4) is 0 Å². The molecule has 0 unspecified atom stereocenters. The lowest BCUT2D eigenvalue weighted by atomic mass is 10.0. The molecule has 0 aromatic carbocycles. The molecule has 0 amide bonds. The third-order valence-corrected chi connectivity index (χ3v) is 4.62. The van der Waals surface area contributed by atoms with E-state index in [2.05, 4.69) is 53.9 Å². The molecular weight excluding hydrogens is 266 g/mol. The van der Waals surface area contributed by atoms with Crippen LogP contribution in [0.1, 0.15) is 27.7 Å². The molecule has 88 valence electrons. The zero-order valence-corrected chi connectivity index (χ0v) is 11.7. The van der Waals surface area contributed by atoms with E-state index >= 15 is 0 Å². The molecule has 1 heterocycles. The Labute approximate surface area is 105 Å². The van der Waals surface area contributed by atoms with Gasteiger partial charge in [0.2, 0.25) is 0 Å². The minimum Gasteiger partial charge on any atom is -0.396 e. The second-order valence-electron chi connectivity index (χ2n) is 5.61. The Morgan fingerprint density at radius 3 is 2.31 bits per heavy atom. The van der Waals surface area contributed by atoms with Gasteiger partial charge in [0.15, 0.2) is 0 Å². The second kappa shape index (κ2) is 3.36. The summed E-state index contributed by atoms with van der Waals surface area (Å²) in [7, 11) is 0. The van der Waals surface area contributed by atoms with Crippen LogP contribution in [0.3, 0.4) is 0 Å². The summed E-state index contributed by atoms with van der Waals surface area (Å²) in [4.78, 5) is 4.31. The molecule has 0 atom stereocenters. The lowest BCUT2D eigenvalue weighted by Crippen LogP contribution is -2.12. The summed E-state index contributed by atoms with van der Waals surface area (Å²) in [6.07, 6.45) is 1.76. The number of nitrogens with one attached hydrogen (secondary N) is 1. The number of hydrogen-bond donors (Lipinski definition) is 2. The van der Waals surface area contributed by atoms with Crippen molar-refractivity contribution in [3.63, 3.8) is 0 Å². The Bertz CT molecular complexity index is 412. The minimum absolute atomic E-state index is 0.286. The fourth-order valence-corrected chi connectivity index (χ4v) is 2.62. The van der Waals surface area contributed by atoms with Crippen LogP contribution in [0.4, 0.5) is 11.5 Å². The maximum atomic E-state index is 5.92. The first kappa shape index (κ1) is 11.7. The van der Waals surface area contributed by atoms with E-state index in [1.807, 2.05) is 6.07 Å². The highest BCUT2D eigenvalue weighted by molar-refractivity contribution is 9.10. The van der Waals surface area contributed by atoms with Gasteiger partial charge < -0.3 is 11.1 Å². The molecule has 16 heavy (non-hydrogen) atoms. The highest BCUT2D eigenvalue weighted by Gasteiger charge is 2.65. The molecule has 4 heteroatoms. The van der Waals surface area contributed by atoms with Gasteiger partial charge in [-0.3, -0.25) is 0 Å². The Morgan fingerprint density at radius 2 is 1.88 bits per heavy atom. The van der Waals surface area contributed by atoms with Crippen molar-refractivity contribution in [2.24, 2.45) is 10.8 Å². The molecule has 0 radical (unpaired) electrons. The standard InChI is InChI=1S/C12H18BrN3/c1-11(2)10(12(11,3)4)16-9-8(14)5-7(13)6-15-9/h5-6,10H,14H2,1-4H3,(H,15,16). The van der Waals surface area contributed by atoms with Gasteiger partial charge in [0.1, 0.15) is 5.82 Å². The number of rotatable bonds is 2. The van der Waals surface area contributed by atoms with E-state index in [9.17, 15) is 0 Å². The topological polar surface area (TPSA) is 50.9 Å². The fourth-order valence-electron chi connectivity index (χ4n) is 2.27. The van der Waals surface area contributed by atoms with Crippen molar-refractivity contribution >= 4 is 27.4 Å². The number of halogens is 1. The van der Waals surface area contributed by atoms with E-state index in [4.69, 9.17) is 5.73 Å². The summed E-state index contributed by atoms with van der Waals surface area (Å²) in [6.45, 7) is 9.05. The molecule has 1 aromatic rings. The monoisotopic (exact) mass is 283 g/mol. The van der Waals surface area contributed by atoms with Crippen LogP contribution in [0.25, 0.3) is 0 Å². The predicted octanol–water partition coefficient (Wildman–Crippen LogP) is 3.27. The number of nitrogen functional groups attached to an aromatic ring is 1. The van der Waals surface area contributed by atoms with Crippen LogP contribution >= 0.6 is 15.9 Å². The van der Waals surface area contributed by atoms with Crippen LogP contribution in [-0.4, -0.2) is 11.0 Å². The van der Waals surface area contributed by atoms with Gasteiger partial charge in [0, 0.05) is 16.7 Å². The maximum Gasteiger partial charge on any atom is 0.149 e. The summed E-state index contributed by atoms with van der Waals surface area (Å²) in [5.41, 5.74) is 7.18. The molecule has 2 rings (SSSR count). The summed E-state index contributed by atoms with van der Waals surface area (Å²) in [6, 6.07) is 2.30. The van der Waals surface area contributed by atoms with E-state index in [0.29, 0.717) is 11.7 Å². The highest BCUT2D eigenvalue weighted by atomic mass is 79.9. The molecule has 1 aliphatic rings. The number of nitrogens with two attached hydrogens (primary N) is 1. The molecule has 3 N–H and O–H groups in total. The van der Waals surface area contributed by atoms with Gasteiger partial charge in [-0.25, -0.2) is 4.98 Å². The van der Waals surface area contributed by atoms with Gasteiger partial charge in [0.25, 0.3) is 0 Å². The minimum atomic E-state index is 0.286. The van der Waals surface area contributed by atoms with Crippen molar-refractivity contribution in [1.29, 1.82) is 0 Å². The van der Waals surface area contributed by atoms with Crippen LogP contribution in [0.15, 0.2) is 16.7 Å². The average Bonchev–Trinajstić information content (AvgIpc) is 2.52. The molecule has 0 saturated heterocycles. The summed E-state index contributed by atoms with van der Waals surface area (Å²) < 4.78 is 0.907. The SMILES string of the molecule is CC1(C)C(Nc2ncc(Br)cc2N)C1(C)C. The third kappa shape index (κ3) is 1.59. The maximum absolute atomic E-state index is 5.92. The first-order valence-corrected chi connectivity index (χ1v) is 6.23. The van der Waals surface area contributed by atoms with Gasteiger partial charge in [-0.1, -0.05) is 27.7 Å². The molecule has 0 bridgehead atoms. The van der Waals surface area contributed by atoms with Crippen molar-refractivity contribution in [3.05, 3.63) is 16.7 Å². The Hall–Kier alpha value is -0.770. The third-order valence-electron chi connectivity index (χ3n) is 4.19. The van der Waals surface area contributed by atoms with Crippen molar-refractivity contribution in [2.45, 2.75) is 33.7 Å². The van der Waals surface area contributed by atoms with E-state index in [0.717, 1.165) is 10.3 Å². The van der Waals surface area contributed by atoms with Crippen LogP contribution in [0, 0.1) is 10.8 Å². The summed E-state index contributed by atoms with van der Waals surface area (Å²) >= 11 is 3.35. The summed E-state index contributed by atoms with van der Waals surface area (Å²) in [5.74, 6) is 0.784. The van der Waals surface area contributed by atoms with E-state index in [1.165, 1.54) is 0 Å². The normalized spacial score (nSPS) is 21.8. The number of hydrogen-bond acceptors (Lipinski definition) is 3. The Morgan fingerprint density at radius 1 is 1.31 bits per heavy atom. The van der Waals surface area contributed by atoms with Crippen LogP contribution in [0.5, 0.6) is 0 Å². The van der Waals surface area contributed by atoms with E-state index in [-0.39, 0.29) is 10.8 Å². The molecule has 3 nitrogen and oxygen atoms in total. The van der Waals surface area contributed by atoms with Gasteiger partial charge in [0.05, 0.1) is 5.69 Å². The lowest BCUT2D eigenvalue weighted by molar-refractivity contribution is 0.457. The number of pyridine rings is 1. The van der Waals surface area contributed by atoms with Gasteiger partial charge in [-0.15, -0.1) is 0 Å². The van der Waals surface area contributed by atoms with Crippen LogP contribution in [-0.2, 0) is 0 Å². The largest absolute Gasteiger partial charge is 0.396 e. The van der Waals surface area contributed by atoms with Crippen molar-refractivity contribution < 1.29 is 0 Å². The number of anilines is 2. The highest BCUT2D eigenvalue weighted by Crippen LogP contribution is 2.63. The van der Waals surface area contributed by atoms with Crippen LogP contribution in [0.2, 0.25) is 0 Å². The fraction of sp³-hybridized carbons (Fsp3) is 0.583. The Kier molecular flexibility index (Phi) is 2.46. The smallest absolute Gasteiger partial charge is 0.149 e. The van der Waals surface area contributed by atoms with E-state index in [1.54, 1.807) is 6.20 Å². The zero-order valence-electron chi connectivity index (χ0n) is 10.1. The van der Waals surface area contributed by atoms with Gasteiger partial charge in [-0.05, 0) is 32.8 Å². The molecule has 0 spiro atoms. The zero-order chi connectivity index (χ0) is 12.1. The van der Waals surface area contributed by atoms with Crippen molar-refractivity contribution in [2.75, 3.05) is 11.1 Å². The summed E-state index contributed by atoms with van der Waals surface area (Å²) in [5, 5.41) is 3.43. The quantitative estimate of drug-likeness (QED) is 0.876. The molecule has 1 aliphatic carbocycles. The van der Waals surface area contributed by atoms with Crippen LogP contribution < -0.4 is 11.1 Å². The first-order valence-electron chi connectivity index (χ1n) is 5.44. The van der Waals surface area contributed by atoms with E-state index < -0.39 is 0 Å². The number of nitrogens with zero attached hydrogens (tertiary/aromatic N) is 1. The lowest BCUT2D eigenvalue weighted by Gasteiger charge is -2.09. The number of aromatic nitrogens is 1. The molecule has 0 aliphatic heterocycles. The molecule has 1 saturated carbocycles.